The van der Waals surface area contributed by atoms with E-state index in [4.69, 9.17) is 15.4 Å². The van der Waals surface area contributed by atoms with Crippen LogP contribution in [0.15, 0.2) is 144 Å². The van der Waals surface area contributed by atoms with Crippen molar-refractivity contribution in [3.05, 3.63) is 180 Å². The first kappa shape index (κ1) is 27.5. The van der Waals surface area contributed by atoms with Gasteiger partial charge in [-0.15, -0.1) is 53.6 Å². The van der Waals surface area contributed by atoms with E-state index in [1.54, 1.807) is 30.5 Å². The third-order valence-electron chi connectivity index (χ3n) is 8.68. The molecule has 0 saturated heterocycles. The molecular formula is C49H44IrN2O-2. The summed E-state index contributed by atoms with van der Waals surface area (Å²) in [6.07, 6.45) is 1.39. The quantitative estimate of drug-likeness (QED) is 0.156. The molecule has 0 N–H and O–H groups in total. The van der Waals surface area contributed by atoms with E-state index in [0.29, 0.717) is 39.2 Å². The first-order chi connectivity index (χ1) is 28.7. The number of hydrogen-bond donors (Lipinski definition) is 0. The molecule has 1 radical (unpaired) electrons. The van der Waals surface area contributed by atoms with Crippen LogP contribution in [0.2, 0.25) is 0 Å². The Balaban J connectivity index is 0.000000258. The number of pyridine rings is 2. The Morgan fingerprint density at radius 2 is 1.51 bits per heavy atom. The van der Waals surface area contributed by atoms with Gasteiger partial charge in [-0.25, -0.2) is 0 Å². The van der Waals surface area contributed by atoms with Gasteiger partial charge in [0.2, 0.25) is 0 Å². The van der Waals surface area contributed by atoms with Crippen LogP contribution in [0.5, 0.6) is 0 Å². The van der Waals surface area contributed by atoms with Gasteiger partial charge < -0.3 is 14.4 Å². The predicted molar refractivity (Wildman–Crippen MR) is 216 cm³/mol. The molecule has 0 saturated carbocycles. The summed E-state index contributed by atoms with van der Waals surface area (Å²) in [6, 6.07) is 45.5. The number of furan rings is 1. The molecule has 0 amide bonds. The van der Waals surface area contributed by atoms with Crippen molar-refractivity contribution in [1.82, 2.24) is 9.97 Å². The number of fused-ring (bicyclic) bond motifs is 3. The predicted octanol–water partition coefficient (Wildman–Crippen LogP) is 13.0. The van der Waals surface area contributed by atoms with Crippen LogP contribution in [0.4, 0.5) is 0 Å². The van der Waals surface area contributed by atoms with E-state index in [9.17, 15) is 1.37 Å². The molecule has 4 heteroatoms. The zero-order valence-corrected chi connectivity index (χ0v) is 32.3. The van der Waals surface area contributed by atoms with Gasteiger partial charge in [-0.3, -0.25) is 0 Å². The molecule has 1 atom stereocenters. The van der Waals surface area contributed by atoms with Gasteiger partial charge in [0.15, 0.2) is 0 Å². The second kappa shape index (κ2) is 16.3. The Bertz CT molecular complexity index is 2740. The molecule has 267 valence electrons. The van der Waals surface area contributed by atoms with Crippen molar-refractivity contribution in [2.75, 3.05) is 0 Å². The van der Waals surface area contributed by atoms with Crippen molar-refractivity contribution >= 4 is 21.9 Å². The van der Waals surface area contributed by atoms with E-state index >= 15 is 0 Å². The Labute approximate surface area is 340 Å². The van der Waals surface area contributed by atoms with Crippen molar-refractivity contribution < 1.29 is 36.9 Å². The molecule has 0 aliphatic carbocycles. The fourth-order valence-corrected chi connectivity index (χ4v) is 6.16. The Morgan fingerprint density at radius 3 is 2.21 bits per heavy atom. The molecule has 0 fully saturated rings. The van der Waals surface area contributed by atoms with Crippen LogP contribution < -0.4 is 0 Å². The topological polar surface area (TPSA) is 38.9 Å². The first-order valence-corrected chi connectivity index (χ1v) is 17.1. The fraction of sp³-hybridized carbons (Fsp3) is 0.184. The number of aromatic nitrogens is 2. The second-order valence-electron chi connectivity index (χ2n) is 13.7. The summed E-state index contributed by atoms with van der Waals surface area (Å²) in [5.74, 6) is -1.06. The molecular weight excluding hydrogens is 825 g/mol. The van der Waals surface area contributed by atoms with Crippen molar-refractivity contribution in [2.24, 2.45) is 5.41 Å². The van der Waals surface area contributed by atoms with Crippen LogP contribution in [0.3, 0.4) is 0 Å². The van der Waals surface area contributed by atoms with Crippen molar-refractivity contribution in [3.8, 4) is 33.6 Å². The molecule has 5 aromatic carbocycles. The minimum Gasteiger partial charge on any atom is -0.500 e. The van der Waals surface area contributed by atoms with E-state index < -0.39 is 31.4 Å². The average Bonchev–Trinajstić information content (AvgIpc) is 3.63. The van der Waals surface area contributed by atoms with Gasteiger partial charge in [-0.05, 0) is 58.3 Å². The maximum atomic E-state index is 9.49. The van der Waals surface area contributed by atoms with Gasteiger partial charge in [0.05, 0.1) is 5.58 Å². The van der Waals surface area contributed by atoms with E-state index in [1.807, 2.05) is 88.4 Å². The summed E-state index contributed by atoms with van der Waals surface area (Å²) in [5, 5.41) is 1.84. The van der Waals surface area contributed by atoms with E-state index in [0.717, 1.165) is 33.0 Å². The normalized spacial score (nSPS) is 15.7. The zero-order chi connectivity index (χ0) is 44.0. The molecule has 8 rings (SSSR count). The third-order valence-corrected chi connectivity index (χ3v) is 8.68. The van der Waals surface area contributed by atoms with Crippen LogP contribution in [0, 0.1) is 31.3 Å². The largest absolute Gasteiger partial charge is 0.500 e. The Hall–Kier alpha value is -5.15. The van der Waals surface area contributed by atoms with Crippen LogP contribution in [-0.2, 0) is 26.5 Å². The molecule has 1 unspecified atom stereocenters. The average molecular weight is 878 g/mol. The van der Waals surface area contributed by atoms with E-state index in [2.05, 4.69) is 46.4 Å². The van der Waals surface area contributed by atoms with Gasteiger partial charge in [-0.2, -0.15) is 0 Å². The molecule has 3 heterocycles. The van der Waals surface area contributed by atoms with Gasteiger partial charge in [-0.1, -0.05) is 142 Å². The third kappa shape index (κ3) is 8.74. The Kier molecular flexibility index (Phi) is 8.42. The van der Waals surface area contributed by atoms with E-state index in [-0.39, 0.29) is 31.2 Å². The summed E-state index contributed by atoms with van der Waals surface area (Å²) in [4.78, 5) is 8.66. The number of rotatable bonds is 6. The smallest absolute Gasteiger partial charge is 0.124 e. The molecule has 0 aliphatic heterocycles. The summed E-state index contributed by atoms with van der Waals surface area (Å²) < 4.78 is 77.2. The van der Waals surface area contributed by atoms with Gasteiger partial charge in [0, 0.05) is 61.7 Å². The molecule has 0 spiro atoms. The summed E-state index contributed by atoms with van der Waals surface area (Å²) >= 11 is 0. The summed E-state index contributed by atoms with van der Waals surface area (Å²) in [5.41, 5.74) is 7.99. The molecule has 0 aliphatic rings. The van der Waals surface area contributed by atoms with Gasteiger partial charge >= 0.3 is 0 Å². The van der Waals surface area contributed by atoms with Crippen molar-refractivity contribution in [1.29, 1.82) is 0 Å². The first-order valence-electron chi connectivity index (χ1n) is 21.6. The second-order valence-corrected chi connectivity index (χ2v) is 13.7. The monoisotopic (exact) mass is 878 g/mol. The van der Waals surface area contributed by atoms with Crippen LogP contribution in [-0.4, -0.2) is 9.97 Å². The number of benzene rings is 5. The SMILES string of the molecule is [2H]C(C)(c1ccc(-c2ccccc2)cc1)c1cccc2c1oc1c(-c3cc(C([2H])([2H])C(C)(C)C)ccn3)[c-]ccc12.[2H]C([2H])([2H])c1c[c-]c(-c2ccc(C([2H])([2H])[2H])cn2)cc1.[Ir]. The van der Waals surface area contributed by atoms with Gasteiger partial charge in [0.25, 0.3) is 0 Å². The van der Waals surface area contributed by atoms with Crippen LogP contribution >= 0.6 is 0 Å². The maximum Gasteiger partial charge on any atom is 0.124 e. The minimum absolute atomic E-state index is 0. The summed E-state index contributed by atoms with van der Waals surface area (Å²) in [6.45, 7) is 3.25. The summed E-state index contributed by atoms with van der Waals surface area (Å²) in [7, 11) is 0. The number of nitrogens with zero attached hydrogens (tertiary/aromatic N) is 2. The number of hydrogen-bond acceptors (Lipinski definition) is 3. The molecule has 3 aromatic heterocycles. The Morgan fingerprint density at radius 1 is 0.755 bits per heavy atom. The van der Waals surface area contributed by atoms with Crippen molar-refractivity contribution in [3.63, 3.8) is 0 Å². The van der Waals surface area contributed by atoms with Crippen LogP contribution in [0.25, 0.3) is 55.6 Å². The zero-order valence-electron chi connectivity index (χ0n) is 38.9. The van der Waals surface area contributed by atoms with E-state index in [1.165, 1.54) is 24.4 Å². The maximum absolute atomic E-state index is 9.49. The minimum atomic E-state index is -2.18. The molecule has 53 heavy (non-hydrogen) atoms. The van der Waals surface area contributed by atoms with Crippen molar-refractivity contribution in [2.45, 2.75) is 53.7 Å². The molecule has 8 aromatic rings. The number of para-hydroxylation sites is 1. The molecule has 3 nitrogen and oxygen atoms in total. The van der Waals surface area contributed by atoms with Gasteiger partial charge in [0.1, 0.15) is 5.58 Å². The standard InChI is InChI=1S/C36H32NO.C13H12N.Ir/c1-24(26-16-18-28(19-17-26)27-10-6-5-7-11-27)29-12-8-13-30-31-14-9-15-32(35(31)38-34(29)30)33-22-25(20-21-37-33)23-36(2,3)4;1-10-3-6-12(7-4-10)13-8-5-11(2)9-14-13;/h5-14,16-22,24H,23H2,1-4H3;3-6,8-9H,1-2H3;/q2*-1;/i23D2,24D;1D3,2D3;. The number of aryl methyl sites for hydroxylation is 2. The molecule has 0 bridgehead atoms. The fourth-order valence-electron chi connectivity index (χ4n) is 6.16. The van der Waals surface area contributed by atoms with Crippen LogP contribution in [0.1, 0.15) is 73.7 Å².